The second kappa shape index (κ2) is 6.68. The first-order valence-electron chi connectivity index (χ1n) is 6.51. The van der Waals surface area contributed by atoms with E-state index in [1.807, 2.05) is 32.2 Å². The minimum absolute atomic E-state index is 0.210. The number of nitrogens with zero attached hydrogens (tertiary/aromatic N) is 1. The number of ether oxygens (including phenoxy) is 1. The highest BCUT2D eigenvalue weighted by molar-refractivity contribution is 7.11. The lowest BCUT2D eigenvalue weighted by molar-refractivity contribution is 0.242. The molecule has 2 aromatic rings. The number of hydrogen-bond donors (Lipinski definition) is 1. The van der Waals surface area contributed by atoms with Crippen molar-refractivity contribution in [3.05, 3.63) is 45.9 Å². The van der Waals surface area contributed by atoms with E-state index < -0.39 is 0 Å². The molecule has 102 valence electrons. The number of thiazole rings is 1. The molecule has 0 saturated heterocycles. The SMILES string of the molecule is Cc1cnc(CNCc2cccc(OC(C)C)c2)s1. The summed E-state index contributed by atoms with van der Waals surface area (Å²) in [5, 5.41) is 4.54. The van der Waals surface area contributed by atoms with E-state index >= 15 is 0 Å². The van der Waals surface area contributed by atoms with Gasteiger partial charge in [-0.2, -0.15) is 0 Å². The maximum Gasteiger partial charge on any atom is 0.120 e. The lowest BCUT2D eigenvalue weighted by atomic mass is 10.2. The number of nitrogens with one attached hydrogen (secondary N) is 1. The van der Waals surface area contributed by atoms with Gasteiger partial charge in [-0.05, 0) is 38.5 Å². The second-order valence-electron chi connectivity index (χ2n) is 4.78. The van der Waals surface area contributed by atoms with E-state index in [0.717, 1.165) is 23.8 Å². The summed E-state index contributed by atoms with van der Waals surface area (Å²) in [6.45, 7) is 7.79. The third-order valence-electron chi connectivity index (χ3n) is 2.54. The average molecular weight is 276 g/mol. The predicted octanol–water partition coefficient (Wildman–Crippen LogP) is 3.53. The van der Waals surface area contributed by atoms with Crippen LogP contribution in [-0.4, -0.2) is 11.1 Å². The monoisotopic (exact) mass is 276 g/mol. The Labute approximate surface area is 118 Å². The smallest absolute Gasteiger partial charge is 0.120 e. The second-order valence-corrected chi connectivity index (χ2v) is 6.10. The number of hydrogen-bond acceptors (Lipinski definition) is 4. The van der Waals surface area contributed by atoms with Crippen molar-refractivity contribution < 1.29 is 4.74 Å². The fraction of sp³-hybridized carbons (Fsp3) is 0.400. The van der Waals surface area contributed by atoms with Crippen LogP contribution in [0.2, 0.25) is 0 Å². The highest BCUT2D eigenvalue weighted by Gasteiger charge is 2.01. The summed E-state index contributed by atoms with van der Waals surface area (Å²) in [4.78, 5) is 5.59. The Bertz CT molecular complexity index is 522. The van der Waals surface area contributed by atoms with Gasteiger partial charge in [0.15, 0.2) is 0 Å². The van der Waals surface area contributed by atoms with Gasteiger partial charge in [0.2, 0.25) is 0 Å². The van der Waals surface area contributed by atoms with Crippen molar-refractivity contribution in [2.75, 3.05) is 0 Å². The van der Waals surface area contributed by atoms with Crippen molar-refractivity contribution in [1.29, 1.82) is 0 Å². The number of rotatable bonds is 6. The van der Waals surface area contributed by atoms with Crippen LogP contribution in [0.1, 0.15) is 29.3 Å². The van der Waals surface area contributed by atoms with Gasteiger partial charge in [0.25, 0.3) is 0 Å². The van der Waals surface area contributed by atoms with Crippen LogP contribution in [0.3, 0.4) is 0 Å². The summed E-state index contributed by atoms with van der Waals surface area (Å²) in [5.41, 5.74) is 1.23. The molecule has 0 fully saturated rings. The molecule has 0 unspecified atom stereocenters. The van der Waals surface area contributed by atoms with E-state index in [9.17, 15) is 0 Å². The molecule has 2 rings (SSSR count). The van der Waals surface area contributed by atoms with Gasteiger partial charge >= 0.3 is 0 Å². The highest BCUT2D eigenvalue weighted by Crippen LogP contribution is 2.15. The zero-order valence-corrected chi connectivity index (χ0v) is 12.5. The highest BCUT2D eigenvalue weighted by atomic mass is 32.1. The van der Waals surface area contributed by atoms with Gasteiger partial charge in [0.1, 0.15) is 10.8 Å². The fourth-order valence-corrected chi connectivity index (χ4v) is 2.55. The molecule has 4 heteroatoms. The van der Waals surface area contributed by atoms with Crippen LogP contribution in [-0.2, 0) is 13.1 Å². The Morgan fingerprint density at radius 3 is 2.84 bits per heavy atom. The van der Waals surface area contributed by atoms with Crippen LogP contribution in [0.25, 0.3) is 0 Å². The van der Waals surface area contributed by atoms with Crippen LogP contribution < -0.4 is 10.1 Å². The molecule has 0 aliphatic heterocycles. The molecule has 0 amide bonds. The molecule has 0 bridgehead atoms. The quantitative estimate of drug-likeness (QED) is 0.876. The van der Waals surface area contributed by atoms with Gasteiger partial charge in [-0.25, -0.2) is 4.98 Å². The third-order valence-corrected chi connectivity index (χ3v) is 3.46. The molecule has 0 saturated carbocycles. The van der Waals surface area contributed by atoms with Crippen molar-refractivity contribution in [1.82, 2.24) is 10.3 Å². The molecular weight excluding hydrogens is 256 g/mol. The predicted molar refractivity (Wildman–Crippen MR) is 79.6 cm³/mol. The van der Waals surface area contributed by atoms with Crippen molar-refractivity contribution in [2.24, 2.45) is 0 Å². The standard InChI is InChI=1S/C15H20N2OS/c1-11(2)18-14-6-4-5-13(7-14)9-16-10-15-17-8-12(3)19-15/h4-8,11,16H,9-10H2,1-3H3. The van der Waals surface area contributed by atoms with Gasteiger partial charge in [-0.1, -0.05) is 12.1 Å². The van der Waals surface area contributed by atoms with Gasteiger partial charge in [0, 0.05) is 24.2 Å². The Hall–Kier alpha value is -1.39. The minimum atomic E-state index is 0.210. The summed E-state index contributed by atoms with van der Waals surface area (Å²) in [6.07, 6.45) is 2.13. The van der Waals surface area contributed by atoms with E-state index in [4.69, 9.17) is 4.74 Å². The van der Waals surface area contributed by atoms with E-state index in [1.54, 1.807) is 11.3 Å². The van der Waals surface area contributed by atoms with Crippen LogP contribution in [0.4, 0.5) is 0 Å². The third kappa shape index (κ3) is 4.65. The molecule has 3 nitrogen and oxygen atoms in total. The molecular formula is C15H20N2OS. The number of benzene rings is 1. The summed E-state index contributed by atoms with van der Waals surface area (Å²) in [7, 11) is 0. The fourth-order valence-electron chi connectivity index (χ4n) is 1.80. The molecule has 19 heavy (non-hydrogen) atoms. The van der Waals surface area contributed by atoms with E-state index in [1.165, 1.54) is 10.4 Å². The Morgan fingerprint density at radius 2 is 2.16 bits per heavy atom. The molecule has 0 radical (unpaired) electrons. The lowest BCUT2D eigenvalue weighted by Crippen LogP contribution is -2.12. The van der Waals surface area contributed by atoms with Crippen LogP contribution >= 0.6 is 11.3 Å². The summed E-state index contributed by atoms with van der Waals surface area (Å²) in [6, 6.07) is 8.21. The number of aryl methyl sites for hydroxylation is 1. The Kier molecular flexibility index (Phi) is 4.93. The van der Waals surface area contributed by atoms with Gasteiger partial charge in [-0.15, -0.1) is 11.3 Å². The van der Waals surface area contributed by atoms with Gasteiger partial charge < -0.3 is 10.1 Å². The zero-order chi connectivity index (χ0) is 13.7. The molecule has 1 heterocycles. The molecule has 1 N–H and O–H groups in total. The van der Waals surface area contributed by atoms with E-state index in [0.29, 0.717) is 0 Å². The molecule has 0 aliphatic carbocycles. The van der Waals surface area contributed by atoms with E-state index in [-0.39, 0.29) is 6.10 Å². The Balaban J connectivity index is 1.85. The van der Waals surface area contributed by atoms with Gasteiger partial charge in [-0.3, -0.25) is 0 Å². The van der Waals surface area contributed by atoms with Crippen molar-refractivity contribution >= 4 is 11.3 Å². The van der Waals surface area contributed by atoms with Crippen molar-refractivity contribution in [2.45, 2.75) is 40.0 Å². The molecule has 1 aromatic heterocycles. The van der Waals surface area contributed by atoms with E-state index in [2.05, 4.69) is 29.4 Å². The number of aromatic nitrogens is 1. The maximum atomic E-state index is 5.68. The first-order chi connectivity index (χ1) is 9.13. The molecule has 0 spiro atoms. The normalized spacial score (nSPS) is 10.9. The first-order valence-corrected chi connectivity index (χ1v) is 7.33. The largest absolute Gasteiger partial charge is 0.491 e. The van der Waals surface area contributed by atoms with Crippen molar-refractivity contribution in [3.8, 4) is 5.75 Å². The zero-order valence-electron chi connectivity index (χ0n) is 11.6. The van der Waals surface area contributed by atoms with Crippen LogP contribution in [0.5, 0.6) is 5.75 Å². The van der Waals surface area contributed by atoms with Crippen molar-refractivity contribution in [3.63, 3.8) is 0 Å². The minimum Gasteiger partial charge on any atom is -0.491 e. The summed E-state index contributed by atoms with van der Waals surface area (Å²) in [5.74, 6) is 0.930. The van der Waals surface area contributed by atoms with Crippen LogP contribution in [0, 0.1) is 6.92 Å². The summed E-state index contributed by atoms with van der Waals surface area (Å²) >= 11 is 1.74. The lowest BCUT2D eigenvalue weighted by Gasteiger charge is -2.11. The average Bonchev–Trinajstić information content (AvgIpc) is 2.75. The molecule has 0 atom stereocenters. The topological polar surface area (TPSA) is 34.2 Å². The van der Waals surface area contributed by atoms with Crippen LogP contribution in [0.15, 0.2) is 30.5 Å². The summed E-state index contributed by atoms with van der Waals surface area (Å²) < 4.78 is 5.68. The maximum absolute atomic E-state index is 5.68. The molecule has 1 aromatic carbocycles. The first kappa shape index (κ1) is 14.0. The Morgan fingerprint density at radius 1 is 1.32 bits per heavy atom. The molecule has 0 aliphatic rings. The van der Waals surface area contributed by atoms with Gasteiger partial charge in [0.05, 0.1) is 6.10 Å².